The van der Waals surface area contributed by atoms with E-state index in [4.69, 9.17) is 22.1 Å². The highest BCUT2D eigenvalue weighted by atomic mass is 35.5. The number of benzene rings is 2. The first-order chi connectivity index (χ1) is 17.1. The van der Waals surface area contributed by atoms with E-state index < -0.39 is 41.6 Å². The summed E-state index contributed by atoms with van der Waals surface area (Å²) in [5.74, 6) is -2.83. The number of hydrazine groups is 1. The molecule has 0 fully saturated rings. The maximum Gasteiger partial charge on any atom is 0.349 e. The molecule has 0 saturated heterocycles. The number of hydrogen-bond donors (Lipinski definition) is 3. The Morgan fingerprint density at radius 2 is 1.53 bits per heavy atom. The highest BCUT2D eigenvalue weighted by Gasteiger charge is 2.35. The topological polar surface area (TPSA) is 131 Å². The Morgan fingerprint density at radius 3 is 2.08 bits per heavy atom. The number of carbonyl (C=O) groups excluding carboxylic acids is 4. The summed E-state index contributed by atoms with van der Waals surface area (Å²) in [4.78, 5) is 52.3. The molecular formula is C26H33ClN4O5. The molecule has 0 aliphatic rings. The van der Waals surface area contributed by atoms with E-state index in [0.29, 0.717) is 22.1 Å². The molecule has 10 heteroatoms. The second kappa shape index (κ2) is 13.6. The van der Waals surface area contributed by atoms with E-state index in [-0.39, 0.29) is 12.8 Å². The van der Waals surface area contributed by atoms with Crippen LogP contribution in [0.15, 0.2) is 48.5 Å². The first kappa shape index (κ1) is 28.8. The normalized spacial score (nSPS) is 13.2. The van der Waals surface area contributed by atoms with Gasteiger partial charge in [0.1, 0.15) is 5.75 Å². The minimum Gasteiger partial charge on any atom is -0.497 e. The summed E-state index contributed by atoms with van der Waals surface area (Å²) in [5.41, 5.74) is 11.6. The lowest BCUT2D eigenvalue weighted by Crippen LogP contribution is -2.57. The van der Waals surface area contributed by atoms with Crippen LogP contribution in [-0.4, -0.2) is 41.8 Å². The van der Waals surface area contributed by atoms with Crippen molar-refractivity contribution in [3.8, 4) is 5.75 Å². The van der Waals surface area contributed by atoms with Crippen molar-refractivity contribution < 1.29 is 23.9 Å². The Morgan fingerprint density at radius 1 is 0.944 bits per heavy atom. The van der Waals surface area contributed by atoms with Gasteiger partial charge in [-0.25, -0.2) is 10.2 Å². The molecule has 5 amide bonds. The number of imide groups is 3. The molecule has 0 saturated carbocycles. The van der Waals surface area contributed by atoms with Crippen LogP contribution < -0.4 is 21.3 Å². The number of rotatable bonds is 9. The monoisotopic (exact) mass is 516 g/mol. The van der Waals surface area contributed by atoms with E-state index in [2.05, 4.69) is 10.9 Å². The van der Waals surface area contributed by atoms with Gasteiger partial charge in [0.2, 0.25) is 11.8 Å². The summed E-state index contributed by atoms with van der Waals surface area (Å²) in [6, 6.07) is 12.2. The molecule has 36 heavy (non-hydrogen) atoms. The number of amides is 5. The van der Waals surface area contributed by atoms with Crippen LogP contribution in [0.2, 0.25) is 5.02 Å². The van der Waals surface area contributed by atoms with E-state index >= 15 is 0 Å². The summed E-state index contributed by atoms with van der Waals surface area (Å²) < 4.78 is 5.23. The number of nitrogens with one attached hydrogen (secondary N) is 2. The molecule has 0 spiro atoms. The number of urea groups is 1. The molecule has 0 aromatic heterocycles. The van der Waals surface area contributed by atoms with Crippen molar-refractivity contribution in [1.29, 1.82) is 0 Å². The number of nitrogens with two attached hydrogens (primary N) is 1. The Labute approximate surface area is 216 Å². The standard InChI is InChI=1S/C26H33ClN4O5/c1-5-22(28)23(32)29-30-26(35)31(24(33)16(2)13-18-9-11-20(27)12-10-18)25(34)17(3)14-19-7-6-8-21(15-19)36-4/h6-12,15-17,22H,5,13-14,28H2,1-4H3,(H,29,32)(H,30,35). The number of halogens is 1. The minimum atomic E-state index is -1.05. The molecular weight excluding hydrogens is 484 g/mol. The van der Waals surface area contributed by atoms with Crippen molar-refractivity contribution in [1.82, 2.24) is 15.8 Å². The Balaban J connectivity index is 2.23. The average Bonchev–Trinajstić information content (AvgIpc) is 2.87. The van der Waals surface area contributed by atoms with Crippen molar-refractivity contribution in [2.75, 3.05) is 7.11 Å². The quantitative estimate of drug-likeness (QED) is 0.438. The predicted octanol–water partition coefficient (Wildman–Crippen LogP) is 3.24. The average molecular weight is 517 g/mol. The van der Waals surface area contributed by atoms with Crippen LogP contribution >= 0.6 is 11.6 Å². The lowest BCUT2D eigenvalue weighted by molar-refractivity contribution is -0.145. The van der Waals surface area contributed by atoms with E-state index in [1.807, 2.05) is 6.07 Å². The van der Waals surface area contributed by atoms with Gasteiger partial charge in [-0.05, 0) is 54.7 Å². The van der Waals surface area contributed by atoms with Gasteiger partial charge in [0.05, 0.1) is 13.2 Å². The maximum absolute atomic E-state index is 13.4. The van der Waals surface area contributed by atoms with Crippen LogP contribution in [0.25, 0.3) is 0 Å². The number of methoxy groups -OCH3 is 1. The van der Waals surface area contributed by atoms with Crippen LogP contribution in [0.4, 0.5) is 4.79 Å². The second-order valence-electron chi connectivity index (χ2n) is 8.63. The smallest absolute Gasteiger partial charge is 0.349 e. The summed E-state index contributed by atoms with van der Waals surface area (Å²) in [7, 11) is 1.54. The lowest BCUT2D eigenvalue weighted by Gasteiger charge is -2.26. The third-order valence-corrected chi connectivity index (χ3v) is 5.94. The third kappa shape index (κ3) is 8.07. The van der Waals surface area contributed by atoms with Crippen LogP contribution in [-0.2, 0) is 27.2 Å². The van der Waals surface area contributed by atoms with Gasteiger partial charge in [-0.15, -0.1) is 0 Å². The molecule has 0 aliphatic carbocycles. The first-order valence-corrected chi connectivity index (χ1v) is 12.1. The van der Waals surface area contributed by atoms with Crippen LogP contribution in [0.5, 0.6) is 5.75 Å². The van der Waals surface area contributed by atoms with Crippen LogP contribution in [0.3, 0.4) is 0 Å². The third-order valence-electron chi connectivity index (χ3n) is 5.69. The zero-order valence-electron chi connectivity index (χ0n) is 20.9. The first-order valence-electron chi connectivity index (χ1n) is 11.7. The molecule has 9 nitrogen and oxygen atoms in total. The fourth-order valence-electron chi connectivity index (χ4n) is 3.50. The lowest BCUT2D eigenvalue weighted by atomic mass is 9.97. The summed E-state index contributed by atoms with van der Waals surface area (Å²) in [6.07, 6.45) is 0.898. The zero-order valence-corrected chi connectivity index (χ0v) is 21.7. The fourth-order valence-corrected chi connectivity index (χ4v) is 3.63. The Kier molecular flexibility index (Phi) is 10.9. The number of carbonyl (C=O) groups is 4. The van der Waals surface area contributed by atoms with Gasteiger partial charge in [-0.1, -0.05) is 56.6 Å². The Bertz CT molecular complexity index is 1080. The molecule has 0 radical (unpaired) electrons. The predicted molar refractivity (Wildman–Crippen MR) is 137 cm³/mol. The molecule has 194 valence electrons. The van der Waals surface area contributed by atoms with Gasteiger partial charge in [0.25, 0.3) is 5.91 Å². The number of nitrogens with zero attached hydrogens (tertiary/aromatic N) is 1. The van der Waals surface area contributed by atoms with Gasteiger partial charge < -0.3 is 10.5 Å². The largest absolute Gasteiger partial charge is 0.497 e. The summed E-state index contributed by atoms with van der Waals surface area (Å²) in [6.45, 7) is 4.97. The number of hydrogen-bond acceptors (Lipinski definition) is 6. The van der Waals surface area contributed by atoms with E-state index in [1.165, 1.54) is 0 Å². The molecule has 2 aromatic rings. The van der Waals surface area contributed by atoms with Gasteiger partial charge in [-0.2, -0.15) is 4.90 Å². The van der Waals surface area contributed by atoms with Gasteiger partial charge in [0, 0.05) is 16.9 Å². The van der Waals surface area contributed by atoms with Crippen molar-refractivity contribution in [2.24, 2.45) is 17.6 Å². The molecule has 3 atom stereocenters. The number of ether oxygens (including phenoxy) is 1. The molecule has 2 rings (SSSR count). The molecule has 3 unspecified atom stereocenters. The van der Waals surface area contributed by atoms with Crippen molar-refractivity contribution >= 4 is 35.4 Å². The molecule has 4 N–H and O–H groups in total. The van der Waals surface area contributed by atoms with Gasteiger partial charge in [-0.3, -0.25) is 19.8 Å². The maximum atomic E-state index is 13.4. The zero-order chi connectivity index (χ0) is 26.8. The molecule has 0 heterocycles. The summed E-state index contributed by atoms with van der Waals surface area (Å²) >= 11 is 5.93. The van der Waals surface area contributed by atoms with Crippen LogP contribution in [0.1, 0.15) is 38.3 Å². The minimum absolute atomic E-state index is 0.270. The highest BCUT2D eigenvalue weighted by Crippen LogP contribution is 2.20. The molecule has 2 aromatic carbocycles. The van der Waals surface area contributed by atoms with Crippen molar-refractivity contribution in [3.05, 3.63) is 64.7 Å². The van der Waals surface area contributed by atoms with Gasteiger partial charge in [0.15, 0.2) is 0 Å². The Hall–Kier alpha value is -3.43. The fraction of sp³-hybridized carbons (Fsp3) is 0.385. The highest BCUT2D eigenvalue weighted by molar-refractivity contribution is 6.30. The van der Waals surface area contributed by atoms with Crippen molar-refractivity contribution in [3.63, 3.8) is 0 Å². The SMILES string of the molecule is CCC(N)C(=O)NNC(=O)N(C(=O)C(C)Cc1ccc(Cl)cc1)C(=O)C(C)Cc1cccc(OC)c1. The second-order valence-corrected chi connectivity index (χ2v) is 9.07. The molecule has 0 aliphatic heterocycles. The van der Waals surface area contributed by atoms with Gasteiger partial charge >= 0.3 is 6.03 Å². The van der Waals surface area contributed by atoms with Crippen LogP contribution in [0, 0.1) is 11.8 Å². The van der Waals surface area contributed by atoms with Crippen molar-refractivity contribution in [2.45, 2.75) is 46.1 Å². The summed E-state index contributed by atoms with van der Waals surface area (Å²) in [5, 5.41) is 0.557. The van der Waals surface area contributed by atoms with E-state index in [9.17, 15) is 19.2 Å². The van der Waals surface area contributed by atoms with E-state index in [1.54, 1.807) is 70.3 Å². The van der Waals surface area contributed by atoms with E-state index in [0.717, 1.165) is 11.1 Å². The molecule has 0 bridgehead atoms.